The lowest BCUT2D eigenvalue weighted by atomic mass is 10.0. The molecule has 3 aromatic rings. The second kappa shape index (κ2) is 8.28. The van der Waals surface area contributed by atoms with Gasteiger partial charge in [-0.15, -0.1) is 11.3 Å². The standard InChI is InChI=1S/C22H27N5O2S/c1-29-19-6-4-17(5-7-19)24-9-11-25(12-10-24)18-3-2-8-26(15-18)21(28)20-16-27-13-14-30-22(27)23-20/h4-7,13-14,16,18H,2-3,8-12,15H2,1H3/t18-/m1/s1. The van der Waals surface area contributed by atoms with Crippen LogP contribution in [0.15, 0.2) is 42.0 Å². The minimum atomic E-state index is 0.0625. The molecule has 0 radical (unpaired) electrons. The van der Waals surface area contributed by atoms with Gasteiger partial charge in [0.1, 0.15) is 11.4 Å². The molecule has 0 unspecified atom stereocenters. The highest BCUT2D eigenvalue weighted by Gasteiger charge is 2.31. The lowest BCUT2D eigenvalue weighted by Crippen LogP contribution is -2.55. The van der Waals surface area contributed by atoms with Crippen LogP contribution in [0.25, 0.3) is 4.96 Å². The van der Waals surface area contributed by atoms with Crippen molar-refractivity contribution < 1.29 is 9.53 Å². The van der Waals surface area contributed by atoms with Crippen LogP contribution in [0.4, 0.5) is 5.69 Å². The average Bonchev–Trinajstić information content (AvgIpc) is 3.41. The number of piperidine rings is 1. The molecule has 1 atom stereocenters. The third-order valence-corrected chi connectivity index (χ3v) is 7.04. The van der Waals surface area contributed by atoms with Gasteiger partial charge in [0.2, 0.25) is 0 Å². The lowest BCUT2D eigenvalue weighted by Gasteiger charge is -2.43. The molecular formula is C22H27N5O2S. The van der Waals surface area contributed by atoms with Gasteiger partial charge in [-0.1, -0.05) is 0 Å². The molecule has 2 aliphatic heterocycles. The summed E-state index contributed by atoms with van der Waals surface area (Å²) < 4.78 is 7.19. The molecule has 30 heavy (non-hydrogen) atoms. The summed E-state index contributed by atoms with van der Waals surface area (Å²) in [7, 11) is 1.70. The maximum absolute atomic E-state index is 13.0. The molecule has 2 aliphatic rings. The second-order valence-corrected chi connectivity index (χ2v) is 8.86. The van der Waals surface area contributed by atoms with Crippen molar-refractivity contribution in [3.05, 3.63) is 47.7 Å². The number of hydrogen-bond acceptors (Lipinski definition) is 6. The van der Waals surface area contributed by atoms with Gasteiger partial charge in [0.15, 0.2) is 4.96 Å². The highest BCUT2D eigenvalue weighted by atomic mass is 32.1. The maximum atomic E-state index is 13.0. The number of nitrogens with zero attached hydrogens (tertiary/aromatic N) is 5. The molecule has 2 fully saturated rings. The average molecular weight is 426 g/mol. The Morgan fingerprint density at radius 2 is 1.93 bits per heavy atom. The minimum Gasteiger partial charge on any atom is -0.497 e. The first-order chi connectivity index (χ1) is 14.7. The number of methoxy groups -OCH3 is 1. The summed E-state index contributed by atoms with van der Waals surface area (Å²) in [5, 5.41) is 1.99. The maximum Gasteiger partial charge on any atom is 0.274 e. The molecule has 7 nitrogen and oxygen atoms in total. The molecule has 0 bridgehead atoms. The van der Waals surface area contributed by atoms with E-state index in [1.165, 1.54) is 5.69 Å². The molecule has 0 aliphatic carbocycles. The fourth-order valence-electron chi connectivity index (χ4n) is 4.57. The molecule has 8 heteroatoms. The Balaban J connectivity index is 1.19. The van der Waals surface area contributed by atoms with Crippen LogP contribution < -0.4 is 9.64 Å². The highest BCUT2D eigenvalue weighted by Crippen LogP contribution is 2.24. The minimum absolute atomic E-state index is 0.0625. The smallest absolute Gasteiger partial charge is 0.274 e. The summed E-state index contributed by atoms with van der Waals surface area (Å²) in [6.07, 6.45) is 6.01. The van der Waals surface area contributed by atoms with Crippen LogP contribution >= 0.6 is 11.3 Å². The van der Waals surface area contributed by atoms with E-state index >= 15 is 0 Å². The topological polar surface area (TPSA) is 53.3 Å². The Morgan fingerprint density at radius 3 is 2.67 bits per heavy atom. The number of carbonyl (C=O) groups excluding carboxylic acids is 1. The number of carbonyl (C=O) groups is 1. The fourth-order valence-corrected chi connectivity index (χ4v) is 5.27. The number of aromatic nitrogens is 2. The first kappa shape index (κ1) is 19.4. The Bertz CT molecular complexity index is 978. The predicted molar refractivity (Wildman–Crippen MR) is 119 cm³/mol. The first-order valence-corrected chi connectivity index (χ1v) is 11.4. The number of fused-ring (bicyclic) bond motifs is 1. The lowest BCUT2D eigenvalue weighted by molar-refractivity contribution is 0.0559. The molecular weight excluding hydrogens is 398 g/mol. The zero-order chi connectivity index (χ0) is 20.5. The number of thiazole rings is 1. The van der Waals surface area contributed by atoms with Crippen molar-refractivity contribution in [1.82, 2.24) is 19.2 Å². The second-order valence-electron chi connectivity index (χ2n) is 7.99. The number of piperazine rings is 1. The van der Waals surface area contributed by atoms with Gasteiger partial charge in [0.05, 0.1) is 7.11 Å². The van der Waals surface area contributed by atoms with Crippen LogP contribution in [0.1, 0.15) is 23.3 Å². The Morgan fingerprint density at radius 1 is 1.13 bits per heavy atom. The zero-order valence-electron chi connectivity index (χ0n) is 17.2. The van der Waals surface area contributed by atoms with E-state index in [9.17, 15) is 4.79 Å². The molecule has 4 heterocycles. The van der Waals surface area contributed by atoms with E-state index in [1.807, 2.05) is 39.2 Å². The predicted octanol–water partition coefficient (Wildman–Crippen LogP) is 2.83. The van der Waals surface area contributed by atoms with Crippen LogP contribution in [0.3, 0.4) is 0 Å². The van der Waals surface area contributed by atoms with Gasteiger partial charge in [0.25, 0.3) is 5.91 Å². The summed E-state index contributed by atoms with van der Waals surface area (Å²) in [4.78, 5) is 25.4. The van der Waals surface area contributed by atoms with E-state index in [-0.39, 0.29) is 5.91 Å². The molecule has 0 saturated carbocycles. The molecule has 1 amide bonds. The molecule has 5 rings (SSSR count). The van der Waals surface area contributed by atoms with Crippen LogP contribution in [0.5, 0.6) is 5.75 Å². The number of anilines is 1. The molecule has 2 aromatic heterocycles. The van der Waals surface area contributed by atoms with Crippen LogP contribution in [0, 0.1) is 0 Å². The van der Waals surface area contributed by atoms with Gasteiger partial charge in [0, 0.05) is 68.8 Å². The van der Waals surface area contributed by atoms with Gasteiger partial charge in [-0.3, -0.25) is 14.1 Å². The third-order valence-electron chi connectivity index (χ3n) is 6.26. The largest absolute Gasteiger partial charge is 0.497 e. The molecule has 2 saturated heterocycles. The Labute approximate surface area is 180 Å². The summed E-state index contributed by atoms with van der Waals surface area (Å²) >= 11 is 1.56. The number of benzene rings is 1. The third kappa shape index (κ3) is 3.77. The van der Waals surface area contributed by atoms with Crippen LogP contribution in [0.2, 0.25) is 0 Å². The van der Waals surface area contributed by atoms with Crippen molar-refractivity contribution in [3.8, 4) is 5.75 Å². The van der Waals surface area contributed by atoms with Gasteiger partial charge < -0.3 is 14.5 Å². The molecule has 1 aromatic carbocycles. The Kier molecular flexibility index (Phi) is 5.35. The molecule has 158 valence electrons. The number of likely N-dealkylation sites (tertiary alicyclic amines) is 1. The number of ether oxygens (including phenoxy) is 1. The fraction of sp³-hybridized carbons (Fsp3) is 0.455. The summed E-state index contributed by atoms with van der Waals surface area (Å²) in [6.45, 7) is 5.69. The van der Waals surface area contributed by atoms with Crippen LogP contribution in [-0.4, -0.2) is 77.5 Å². The molecule has 0 spiro atoms. The zero-order valence-corrected chi connectivity index (χ0v) is 18.1. The summed E-state index contributed by atoms with van der Waals surface area (Å²) in [5.74, 6) is 0.953. The van der Waals surface area contributed by atoms with E-state index in [1.54, 1.807) is 18.4 Å². The van der Waals surface area contributed by atoms with E-state index in [0.29, 0.717) is 11.7 Å². The van der Waals surface area contributed by atoms with Gasteiger partial charge in [-0.25, -0.2) is 4.98 Å². The number of hydrogen-bond donors (Lipinski definition) is 0. The first-order valence-electron chi connectivity index (χ1n) is 10.6. The van der Waals surface area contributed by atoms with Crippen molar-refractivity contribution in [2.45, 2.75) is 18.9 Å². The number of imidazole rings is 1. The van der Waals surface area contributed by atoms with Crippen molar-refractivity contribution >= 4 is 27.9 Å². The summed E-state index contributed by atoms with van der Waals surface area (Å²) in [5.41, 5.74) is 1.81. The summed E-state index contributed by atoms with van der Waals surface area (Å²) in [6, 6.07) is 8.74. The van der Waals surface area contributed by atoms with Gasteiger partial charge in [-0.2, -0.15) is 0 Å². The van der Waals surface area contributed by atoms with E-state index in [2.05, 4.69) is 26.9 Å². The van der Waals surface area contributed by atoms with E-state index < -0.39 is 0 Å². The van der Waals surface area contributed by atoms with Crippen molar-refractivity contribution in [2.24, 2.45) is 0 Å². The van der Waals surface area contributed by atoms with Gasteiger partial charge in [-0.05, 0) is 37.1 Å². The SMILES string of the molecule is COc1ccc(N2CCN([C@@H]3CCCN(C(=O)c4cn5ccsc5n4)C3)CC2)cc1. The van der Waals surface area contributed by atoms with Crippen molar-refractivity contribution in [1.29, 1.82) is 0 Å². The van der Waals surface area contributed by atoms with E-state index in [4.69, 9.17) is 4.74 Å². The highest BCUT2D eigenvalue weighted by molar-refractivity contribution is 7.15. The number of rotatable bonds is 4. The normalized spacial score (nSPS) is 20.6. The van der Waals surface area contributed by atoms with Crippen molar-refractivity contribution in [3.63, 3.8) is 0 Å². The quantitative estimate of drug-likeness (QED) is 0.643. The van der Waals surface area contributed by atoms with Crippen LogP contribution in [-0.2, 0) is 0 Å². The Hall–Kier alpha value is -2.58. The number of amides is 1. The van der Waals surface area contributed by atoms with Crippen molar-refractivity contribution in [2.75, 3.05) is 51.3 Å². The van der Waals surface area contributed by atoms with E-state index in [0.717, 1.165) is 62.8 Å². The molecule has 0 N–H and O–H groups in total. The monoisotopic (exact) mass is 425 g/mol. The van der Waals surface area contributed by atoms with Gasteiger partial charge >= 0.3 is 0 Å².